The fourth-order valence-corrected chi connectivity index (χ4v) is 2.82. The molecule has 0 bridgehead atoms. The van der Waals surface area contributed by atoms with Crippen LogP contribution in [0.5, 0.6) is 0 Å². The maximum Gasteiger partial charge on any atom is 0.331 e. The first kappa shape index (κ1) is 20.5. The molecule has 0 spiro atoms. The van der Waals surface area contributed by atoms with Crippen LogP contribution in [0.1, 0.15) is 5.69 Å². The molecule has 1 aliphatic heterocycles. The van der Waals surface area contributed by atoms with Crippen LogP contribution in [0.3, 0.4) is 0 Å². The second kappa shape index (κ2) is 9.79. The number of fused-ring (bicyclic) bond motifs is 1. The number of pyridine rings is 1. The predicted octanol–water partition coefficient (Wildman–Crippen LogP) is 1.11. The van der Waals surface area contributed by atoms with Gasteiger partial charge in [-0.1, -0.05) is 24.3 Å². The van der Waals surface area contributed by atoms with Crippen LogP contribution < -0.4 is 0 Å². The highest BCUT2D eigenvalue weighted by atomic mass is 16.5. The highest BCUT2D eigenvalue weighted by molar-refractivity contribution is 5.90. The molecular weight excluding hydrogens is 374 g/mol. The van der Waals surface area contributed by atoms with Crippen molar-refractivity contribution in [3.05, 3.63) is 48.2 Å². The lowest BCUT2D eigenvalue weighted by atomic mass is 10.2. The first-order valence-electron chi connectivity index (χ1n) is 9.33. The minimum absolute atomic E-state index is 0.0623. The van der Waals surface area contributed by atoms with Crippen LogP contribution in [0.4, 0.5) is 0 Å². The molecule has 1 saturated heterocycles. The summed E-state index contributed by atoms with van der Waals surface area (Å²) in [5.41, 5.74) is 1.44. The van der Waals surface area contributed by atoms with Crippen LogP contribution in [0.15, 0.2) is 42.5 Å². The summed E-state index contributed by atoms with van der Waals surface area (Å²) in [6, 6.07) is 11.4. The Morgan fingerprint density at radius 2 is 1.93 bits per heavy atom. The molecule has 1 aromatic heterocycles. The number of para-hydroxylation sites is 1. The molecule has 2 amide bonds. The lowest BCUT2D eigenvalue weighted by Crippen LogP contribution is -2.46. The molecule has 0 atom stereocenters. The first-order chi connectivity index (χ1) is 14.0. The third-order valence-corrected chi connectivity index (χ3v) is 4.51. The number of amides is 2. The van der Waals surface area contributed by atoms with Crippen molar-refractivity contribution in [2.24, 2.45) is 0 Å². The topological polar surface area (TPSA) is 89.0 Å². The number of morpholine rings is 1. The zero-order valence-electron chi connectivity index (χ0n) is 16.2. The maximum atomic E-state index is 12.2. The smallest absolute Gasteiger partial charge is 0.331 e. The predicted molar refractivity (Wildman–Crippen MR) is 107 cm³/mol. The third kappa shape index (κ3) is 5.86. The summed E-state index contributed by atoms with van der Waals surface area (Å²) in [7, 11) is 1.50. The highest BCUT2D eigenvalue weighted by Gasteiger charge is 2.20. The molecule has 8 nitrogen and oxygen atoms in total. The van der Waals surface area contributed by atoms with Gasteiger partial charge in [0.05, 0.1) is 31.0 Å². The molecule has 0 unspecified atom stereocenters. The molecular formula is C21H23N3O5. The Bertz CT molecular complexity index is 921. The Balaban J connectivity index is 1.45. The van der Waals surface area contributed by atoms with Crippen molar-refractivity contribution in [1.82, 2.24) is 14.8 Å². The van der Waals surface area contributed by atoms with E-state index in [0.717, 1.165) is 10.9 Å². The van der Waals surface area contributed by atoms with Gasteiger partial charge in [0.25, 0.3) is 5.91 Å². The van der Waals surface area contributed by atoms with Crippen molar-refractivity contribution in [3.8, 4) is 0 Å². The van der Waals surface area contributed by atoms with Gasteiger partial charge in [-0.25, -0.2) is 9.78 Å². The molecule has 3 rings (SSSR count). The van der Waals surface area contributed by atoms with Gasteiger partial charge in [0.1, 0.15) is 0 Å². The van der Waals surface area contributed by atoms with Crippen LogP contribution in [0.25, 0.3) is 17.0 Å². The zero-order valence-corrected chi connectivity index (χ0v) is 16.2. The number of carbonyl (C=O) groups excluding carboxylic acids is 3. The average Bonchev–Trinajstić information content (AvgIpc) is 2.76. The van der Waals surface area contributed by atoms with E-state index in [-0.39, 0.29) is 12.5 Å². The van der Waals surface area contributed by atoms with Gasteiger partial charge in [-0.15, -0.1) is 0 Å². The number of ether oxygens (including phenoxy) is 2. The number of benzene rings is 1. The number of carbonyl (C=O) groups is 3. The molecule has 0 N–H and O–H groups in total. The second-order valence-corrected chi connectivity index (χ2v) is 6.61. The molecule has 1 aromatic carbocycles. The van der Waals surface area contributed by atoms with Crippen molar-refractivity contribution in [1.29, 1.82) is 0 Å². The molecule has 0 saturated carbocycles. The van der Waals surface area contributed by atoms with E-state index >= 15 is 0 Å². The molecule has 152 valence electrons. The van der Waals surface area contributed by atoms with Gasteiger partial charge in [0, 0.05) is 31.6 Å². The van der Waals surface area contributed by atoms with Gasteiger partial charge >= 0.3 is 5.97 Å². The van der Waals surface area contributed by atoms with Crippen LogP contribution in [-0.4, -0.2) is 79.1 Å². The van der Waals surface area contributed by atoms with Crippen LogP contribution in [-0.2, 0) is 23.9 Å². The molecule has 8 heteroatoms. The van der Waals surface area contributed by atoms with E-state index in [1.807, 2.05) is 30.3 Å². The van der Waals surface area contributed by atoms with Crippen molar-refractivity contribution >= 4 is 34.8 Å². The van der Waals surface area contributed by atoms with Gasteiger partial charge in [0.15, 0.2) is 6.61 Å². The number of aromatic nitrogens is 1. The minimum Gasteiger partial charge on any atom is -0.452 e. The van der Waals surface area contributed by atoms with Gasteiger partial charge in [-0.3, -0.25) is 9.59 Å². The summed E-state index contributed by atoms with van der Waals surface area (Å²) >= 11 is 0. The van der Waals surface area contributed by atoms with E-state index < -0.39 is 18.5 Å². The van der Waals surface area contributed by atoms with E-state index in [9.17, 15) is 14.4 Å². The Kier molecular flexibility index (Phi) is 6.91. The molecule has 1 fully saturated rings. The molecule has 2 aromatic rings. The zero-order chi connectivity index (χ0) is 20.6. The van der Waals surface area contributed by atoms with Crippen LogP contribution >= 0.6 is 0 Å². The summed E-state index contributed by atoms with van der Waals surface area (Å²) < 4.78 is 10.2. The summed E-state index contributed by atoms with van der Waals surface area (Å²) in [5.74, 6) is -1.25. The summed E-state index contributed by atoms with van der Waals surface area (Å²) in [4.78, 5) is 43.5. The molecule has 1 aliphatic rings. The van der Waals surface area contributed by atoms with Gasteiger partial charge in [0.2, 0.25) is 5.91 Å². The quantitative estimate of drug-likeness (QED) is 0.536. The summed E-state index contributed by atoms with van der Waals surface area (Å²) in [6.07, 6.45) is 2.76. The van der Waals surface area contributed by atoms with E-state index in [4.69, 9.17) is 9.47 Å². The highest BCUT2D eigenvalue weighted by Crippen LogP contribution is 2.12. The van der Waals surface area contributed by atoms with Crippen molar-refractivity contribution in [3.63, 3.8) is 0 Å². The second-order valence-electron chi connectivity index (χ2n) is 6.61. The third-order valence-electron chi connectivity index (χ3n) is 4.51. The lowest BCUT2D eigenvalue weighted by Gasteiger charge is -2.28. The first-order valence-corrected chi connectivity index (χ1v) is 9.33. The van der Waals surface area contributed by atoms with Crippen LogP contribution in [0, 0.1) is 0 Å². The SMILES string of the molecule is CN(CC(=O)N1CCOCC1)C(=O)COC(=O)/C=C/c1ccc2ccccc2n1. The summed E-state index contributed by atoms with van der Waals surface area (Å²) in [5, 5.41) is 1.01. The number of likely N-dealkylation sites (N-methyl/N-ethyl adjacent to an activating group) is 1. The van der Waals surface area contributed by atoms with Crippen molar-refractivity contribution < 1.29 is 23.9 Å². The number of hydrogen-bond acceptors (Lipinski definition) is 6. The van der Waals surface area contributed by atoms with E-state index in [1.165, 1.54) is 24.1 Å². The van der Waals surface area contributed by atoms with Gasteiger partial charge in [-0.05, 0) is 18.2 Å². The largest absolute Gasteiger partial charge is 0.452 e. The van der Waals surface area contributed by atoms with E-state index in [2.05, 4.69) is 4.98 Å². The minimum atomic E-state index is -0.652. The molecule has 0 radical (unpaired) electrons. The van der Waals surface area contributed by atoms with Gasteiger partial charge < -0.3 is 19.3 Å². The summed E-state index contributed by atoms with van der Waals surface area (Å²) in [6.45, 7) is 1.54. The van der Waals surface area contributed by atoms with Crippen LogP contribution in [0.2, 0.25) is 0 Å². The van der Waals surface area contributed by atoms with Crippen molar-refractivity contribution in [2.45, 2.75) is 0 Å². The van der Waals surface area contributed by atoms with Crippen molar-refractivity contribution in [2.75, 3.05) is 46.5 Å². The molecule has 2 heterocycles. The fraction of sp³-hybridized carbons (Fsp3) is 0.333. The Hall–Kier alpha value is -3.26. The number of esters is 1. The average molecular weight is 397 g/mol. The molecule has 29 heavy (non-hydrogen) atoms. The van der Waals surface area contributed by atoms with E-state index in [0.29, 0.717) is 32.0 Å². The Morgan fingerprint density at radius 3 is 2.72 bits per heavy atom. The fourth-order valence-electron chi connectivity index (χ4n) is 2.82. The normalized spacial score (nSPS) is 14.2. The number of rotatable bonds is 6. The van der Waals surface area contributed by atoms with E-state index in [1.54, 1.807) is 11.0 Å². The Labute approximate surface area is 168 Å². The monoisotopic (exact) mass is 397 g/mol. The number of hydrogen-bond donors (Lipinski definition) is 0. The van der Waals surface area contributed by atoms with Gasteiger partial charge in [-0.2, -0.15) is 0 Å². The maximum absolute atomic E-state index is 12.2. The lowest BCUT2D eigenvalue weighted by molar-refractivity contribution is -0.149. The number of nitrogens with zero attached hydrogens (tertiary/aromatic N) is 3. The Morgan fingerprint density at radius 1 is 1.17 bits per heavy atom. The molecule has 0 aliphatic carbocycles. The standard InChI is InChI=1S/C21H23N3O5/c1-23(14-19(25)24-10-12-28-13-11-24)20(26)15-29-21(27)9-8-17-7-6-16-4-2-3-5-18(16)22-17/h2-9H,10-15H2,1H3/b9-8+.